The van der Waals surface area contributed by atoms with E-state index in [2.05, 4.69) is 19.5 Å². The Labute approximate surface area is 213 Å². The normalized spacial score (nSPS) is 16.2. The molecule has 1 saturated heterocycles. The van der Waals surface area contributed by atoms with Crippen LogP contribution in [0.1, 0.15) is 25.8 Å². The second-order valence-electron chi connectivity index (χ2n) is 8.95. The zero-order valence-corrected chi connectivity index (χ0v) is 20.9. The number of amides is 1. The lowest BCUT2D eigenvalue weighted by Gasteiger charge is -2.33. The monoisotopic (exact) mass is 510 g/mol. The number of nitrogens with zero attached hydrogens (tertiary/aromatic N) is 5. The second-order valence-corrected chi connectivity index (χ2v) is 8.95. The second kappa shape index (κ2) is 11.8. The first kappa shape index (κ1) is 25.2. The van der Waals surface area contributed by atoms with Crippen LogP contribution in [0.15, 0.2) is 36.9 Å². The van der Waals surface area contributed by atoms with Gasteiger partial charge in [-0.25, -0.2) is 19.3 Å². The molecule has 1 atom stereocenters. The highest BCUT2D eigenvalue weighted by Crippen LogP contribution is 2.29. The molecule has 1 N–H and O–H groups in total. The van der Waals surface area contributed by atoms with Crippen LogP contribution in [0.5, 0.6) is 0 Å². The minimum Gasteiger partial charge on any atom is -0.379 e. The molecule has 0 bridgehead atoms. The average Bonchev–Trinajstić information content (AvgIpc) is 3.53. The summed E-state index contributed by atoms with van der Waals surface area (Å²) in [5.41, 5.74) is 2.05. The van der Waals surface area contributed by atoms with Crippen LogP contribution in [0.2, 0.25) is 0 Å². The minimum absolute atomic E-state index is 0.0286. The summed E-state index contributed by atoms with van der Waals surface area (Å²) in [5.74, 6) is 0.0497. The molecule has 37 heavy (non-hydrogen) atoms. The van der Waals surface area contributed by atoms with Gasteiger partial charge in [-0.1, -0.05) is 0 Å². The van der Waals surface area contributed by atoms with Crippen LogP contribution in [0, 0.1) is 5.82 Å². The van der Waals surface area contributed by atoms with Crippen molar-refractivity contribution in [3.8, 4) is 11.4 Å². The summed E-state index contributed by atoms with van der Waals surface area (Å²) in [4.78, 5) is 31.1. The summed E-state index contributed by atoms with van der Waals surface area (Å²) in [6.45, 7) is 5.80. The van der Waals surface area contributed by atoms with E-state index in [1.54, 1.807) is 12.4 Å². The molecule has 0 spiro atoms. The zero-order valence-electron chi connectivity index (χ0n) is 20.9. The quantitative estimate of drug-likeness (QED) is 0.308. The maximum Gasteiger partial charge on any atom is 0.248 e. The van der Waals surface area contributed by atoms with Crippen LogP contribution in [0.25, 0.3) is 33.5 Å². The summed E-state index contributed by atoms with van der Waals surface area (Å²) >= 11 is 0. The van der Waals surface area contributed by atoms with Crippen LogP contribution in [-0.4, -0.2) is 88.0 Å². The molecule has 4 aromatic heterocycles. The number of rotatable bonds is 11. The molecule has 5 heterocycles. The van der Waals surface area contributed by atoms with Gasteiger partial charge in [0.05, 0.1) is 38.7 Å². The molecule has 5 rings (SSSR count). The fraction of sp³-hybridized carbons (Fsp3) is 0.462. The summed E-state index contributed by atoms with van der Waals surface area (Å²) < 4.78 is 32.1. The van der Waals surface area contributed by atoms with E-state index in [0.29, 0.717) is 68.5 Å². The third-order valence-electron chi connectivity index (χ3n) is 6.51. The van der Waals surface area contributed by atoms with Crippen LogP contribution in [-0.2, 0) is 19.0 Å². The fourth-order valence-corrected chi connectivity index (χ4v) is 4.67. The van der Waals surface area contributed by atoms with Gasteiger partial charge in [-0.05, 0) is 31.9 Å². The predicted molar refractivity (Wildman–Crippen MR) is 136 cm³/mol. The number of pyridine rings is 1. The number of carbonyl (C=O) groups excluding carboxylic acids is 1. The molecule has 10 nitrogen and oxygen atoms in total. The lowest BCUT2D eigenvalue weighted by molar-refractivity contribution is -0.138. The van der Waals surface area contributed by atoms with Crippen molar-refractivity contribution in [2.24, 2.45) is 0 Å². The van der Waals surface area contributed by atoms with Gasteiger partial charge in [0.25, 0.3) is 0 Å². The summed E-state index contributed by atoms with van der Waals surface area (Å²) in [7, 11) is 0. The van der Waals surface area contributed by atoms with Gasteiger partial charge in [0, 0.05) is 54.6 Å². The number of aromatic nitrogens is 5. The van der Waals surface area contributed by atoms with Crippen molar-refractivity contribution in [2.75, 3.05) is 52.7 Å². The Morgan fingerprint density at radius 2 is 2.00 bits per heavy atom. The first-order valence-electron chi connectivity index (χ1n) is 12.6. The molecule has 1 unspecified atom stereocenters. The van der Waals surface area contributed by atoms with Gasteiger partial charge >= 0.3 is 0 Å². The molecule has 1 aliphatic heterocycles. The zero-order chi connectivity index (χ0) is 25.6. The third kappa shape index (κ3) is 5.79. The maximum absolute atomic E-state index is 13.8. The number of nitrogens with one attached hydrogen (secondary N) is 1. The van der Waals surface area contributed by atoms with E-state index in [0.717, 1.165) is 23.9 Å². The Morgan fingerprint density at radius 1 is 1.16 bits per heavy atom. The van der Waals surface area contributed by atoms with E-state index >= 15 is 0 Å². The van der Waals surface area contributed by atoms with E-state index in [4.69, 9.17) is 19.2 Å². The number of hydrogen-bond acceptors (Lipinski definition) is 7. The number of H-pyrrole nitrogens is 1. The summed E-state index contributed by atoms with van der Waals surface area (Å²) in [6, 6.07) is 3.49. The summed E-state index contributed by atoms with van der Waals surface area (Å²) in [6.07, 6.45) is 8.52. The minimum atomic E-state index is -0.414. The van der Waals surface area contributed by atoms with E-state index in [1.807, 2.05) is 24.1 Å². The Morgan fingerprint density at radius 3 is 2.86 bits per heavy atom. The largest absolute Gasteiger partial charge is 0.379 e. The Kier molecular flexibility index (Phi) is 8.02. The standard InChI is InChI=1S/C26H31FN6O4/c1-2-35-8-9-36-10-11-37-17-23(34)32-6-3-4-20(16-32)33-7-5-18-13-28-25(31-26(18)33)22-15-30-24-21(22)12-19(27)14-29-24/h5,7,12-15,20H,2-4,6,8-11,16-17H2,1H3,(H,29,30). The van der Waals surface area contributed by atoms with Gasteiger partial charge in [-0.15, -0.1) is 0 Å². The lowest BCUT2D eigenvalue weighted by Crippen LogP contribution is -2.42. The first-order chi connectivity index (χ1) is 18.1. The van der Waals surface area contributed by atoms with E-state index in [-0.39, 0.29) is 18.6 Å². The van der Waals surface area contributed by atoms with Gasteiger partial charge in [0.2, 0.25) is 5.91 Å². The van der Waals surface area contributed by atoms with Gasteiger partial charge in [0.15, 0.2) is 5.82 Å². The maximum atomic E-state index is 13.8. The molecular weight excluding hydrogens is 479 g/mol. The fourth-order valence-electron chi connectivity index (χ4n) is 4.67. The number of piperidine rings is 1. The summed E-state index contributed by atoms with van der Waals surface area (Å²) in [5, 5.41) is 1.54. The van der Waals surface area contributed by atoms with Crippen molar-refractivity contribution >= 4 is 28.0 Å². The average molecular weight is 511 g/mol. The number of halogens is 1. The Hall–Kier alpha value is -3.41. The van der Waals surface area contributed by atoms with Gasteiger partial charge in [-0.3, -0.25) is 4.79 Å². The van der Waals surface area contributed by atoms with Crippen molar-refractivity contribution in [2.45, 2.75) is 25.8 Å². The van der Waals surface area contributed by atoms with E-state index in [1.165, 1.54) is 12.3 Å². The molecule has 0 radical (unpaired) electrons. The van der Waals surface area contributed by atoms with Crippen LogP contribution in [0.4, 0.5) is 4.39 Å². The van der Waals surface area contributed by atoms with Gasteiger partial charge < -0.3 is 28.7 Å². The topological polar surface area (TPSA) is 107 Å². The van der Waals surface area contributed by atoms with Crippen LogP contribution < -0.4 is 0 Å². The van der Waals surface area contributed by atoms with E-state index in [9.17, 15) is 9.18 Å². The number of hydrogen-bond donors (Lipinski definition) is 1. The van der Waals surface area contributed by atoms with Gasteiger partial charge in [0.1, 0.15) is 23.7 Å². The molecule has 1 amide bonds. The van der Waals surface area contributed by atoms with E-state index < -0.39 is 5.82 Å². The van der Waals surface area contributed by atoms with Crippen LogP contribution >= 0.6 is 0 Å². The highest BCUT2D eigenvalue weighted by Gasteiger charge is 2.26. The molecule has 196 valence electrons. The number of carbonyl (C=O) groups is 1. The van der Waals surface area contributed by atoms with Crippen LogP contribution in [0.3, 0.4) is 0 Å². The van der Waals surface area contributed by atoms with Gasteiger partial charge in [-0.2, -0.15) is 0 Å². The molecule has 11 heteroatoms. The Balaban J connectivity index is 1.24. The molecule has 0 aliphatic carbocycles. The highest BCUT2D eigenvalue weighted by molar-refractivity contribution is 5.92. The smallest absolute Gasteiger partial charge is 0.248 e. The molecule has 1 fully saturated rings. The molecule has 1 aliphatic rings. The number of aromatic amines is 1. The number of ether oxygens (including phenoxy) is 3. The molecular formula is C26H31FN6O4. The lowest BCUT2D eigenvalue weighted by atomic mass is 10.1. The number of fused-ring (bicyclic) bond motifs is 2. The predicted octanol–water partition coefficient (Wildman–Crippen LogP) is 3.35. The third-order valence-corrected chi connectivity index (χ3v) is 6.51. The van der Waals surface area contributed by atoms with Crippen molar-refractivity contribution in [1.82, 2.24) is 29.4 Å². The molecule has 4 aromatic rings. The van der Waals surface area contributed by atoms with Crippen molar-refractivity contribution in [1.29, 1.82) is 0 Å². The van der Waals surface area contributed by atoms with Crippen molar-refractivity contribution in [3.05, 3.63) is 42.7 Å². The number of likely N-dealkylation sites (tertiary alicyclic amines) is 1. The Bertz CT molecular complexity index is 1360. The first-order valence-corrected chi connectivity index (χ1v) is 12.6. The van der Waals surface area contributed by atoms with Crippen molar-refractivity contribution in [3.63, 3.8) is 0 Å². The molecule has 0 aromatic carbocycles. The SMILES string of the molecule is CCOCCOCCOCC(=O)N1CCCC(n2ccc3cnc(-c4c[nH]c5ncc(F)cc45)nc32)C1. The highest BCUT2D eigenvalue weighted by atomic mass is 19.1. The van der Waals surface area contributed by atoms with Crippen molar-refractivity contribution < 1.29 is 23.4 Å². The molecule has 0 saturated carbocycles.